The van der Waals surface area contributed by atoms with Gasteiger partial charge in [0.05, 0.1) is 22.6 Å². The summed E-state index contributed by atoms with van der Waals surface area (Å²) >= 11 is 0. The number of aryl methyl sites for hydroxylation is 1. The Morgan fingerprint density at radius 2 is 1.91 bits per heavy atom. The van der Waals surface area contributed by atoms with E-state index in [-0.39, 0.29) is 0 Å². The van der Waals surface area contributed by atoms with Crippen LogP contribution >= 0.6 is 0 Å². The number of hydrogen-bond acceptors (Lipinski definition) is 4. The molecule has 1 amide bonds. The van der Waals surface area contributed by atoms with E-state index in [4.69, 9.17) is 9.31 Å². The lowest BCUT2D eigenvalue weighted by atomic mass is 9.76. The highest BCUT2D eigenvalue weighted by Crippen LogP contribution is 2.37. The summed E-state index contributed by atoms with van der Waals surface area (Å²) in [6.45, 7) is 10.4. The SMILES string of the molecule is Cc1c(B2OC(C)(C)C(C)(C)O2)cnc2c1N(C(=O)O)CCC2. The molecule has 1 aromatic heterocycles. The number of fused-ring (bicyclic) bond motifs is 1. The molecule has 0 bridgehead atoms. The minimum Gasteiger partial charge on any atom is -0.465 e. The molecule has 6 nitrogen and oxygen atoms in total. The van der Waals surface area contributed by atoms with Gasteiger partial charge in [-0.05, 0) is 53.0 Å². The number of anilines is 1. The van der Waals surface area contributed by atoms with E-state index in [1.165, 1.54) is 4.90 Å². The van der Waals surface area contributed by atoms with E-state index in [1.54, 1.807) is 6.20 Å². The molecule has 2 aliphatic heterocycles. The number of carboxylic acid groups (broad SMARTS) is 1. The van der Waals surface area contributed by atoms with Gasteiger partial charge < -0.3 is 14.4 Å². The number of amides is 1. The first-order chi connectivity index (χ1) is 10.6. The minimum absolute atomic E-state index is 0.438. The molecule has 0 unspecified atom stereocenters. The molecule has 7 heteroatoms. The highest BCUT2D eigenvalue weighted by atomic mass is 16.7. The first kappa shape index (κ1) is 16.3. The molecule has 0 spiro atoms. The van der Waals surface area contributed by atoms with Crippen LogP contribution in [0.15, 0.2) is 6.20 Å². The Hall–Kier alpha value is -1.60. The molecule has 0 radical (unpaired) electrons. The molecule has 1 fully saturated rings. The summed E-state index contributed by atoms with van der Waals surface area (Å²) in [6.07, 6.45) is 2.41. The van der Waals surface area contributed by atoms with Gasteiger partial charge in [-0.3, -0.25) is 9.88 Å². The Morgan fingerprint density at radius 3 is 2.48 bits per heavy atom. The summed E-state index contributed by atoms with van der Waals surface area (Å²) < 4.78 is 12.2. The van der Waals surface area contributed by atoms with Crippen molar-refractivity contribution in [3.05, 3.63) is 17.5 Å². The van der Waals surface area contributed by atoms with E-state index in [2.05, 4.69) is 4.98 Å². The monoisotopic (exact) mass is 318 g/mol. The molecular weight excluding hydrogens is 295 g/mol. The largest absolute Gasteiger partial charge is 0.496 e. The summed E-state index contributed by atoms with van der Waals surface area (Å²) in [5, 5.41) is 9.47. The summed E-state index contributed by atoms with van der Waals surface area (Å²) in [4.78, 5) is 17.4. The third-order valence-electron chi connectivity index (χ3n) is 5.22. The second-order valence-corrected chi connectivity index (χ2v) is 7.26. The molecule has 3 rings (SSSR count). The zero-order chi connectivity index (χ0) is 17.0. The van der Waals surface area contributed by atoms with E-state index in [9.17, 15) is 9.90 Å². The zero-order valence-corrected chi connectivity index (χ0v) is 14.3. The van der Waals surface area contributed by atoms with Gasteiger partial charge in [0.1, 0.15) is 0 Å². The maximum Gasteiger partial charge on any atom is 0.496 e. The molecule has 23 heavy (non-hydrogen) atoms. The zero-order valence-electron chi connectivity index (χ0n) is 14.3. The van der Waals surface area contributed by atoms with Gasteiger partial charge >= 0.3 is 13.2 Å². The van der Waals surface area contributed by atoms with E-state index in [0.717, 1.165) is 29.6 Å². The van der Waals surface area contributed by atoms with Gasteiger partial charge in [0, 0.05) is 18.2 Å². The van der Waals surface area contributed by atoms with Gasteiger partial charge in [0.25, 0.3) is 0 Å². The molecule has 1 aromatic rings. The van der Waals surface area contributed by atoms with Gasteiger partial charge in [0.15, 0.2) is 0 Å². The number of hydrogen-bond donors (Lipinski definition) is 1. The van der Waals surface area contributed by atoms with Crippen molar-refractivity contribution >= 4 is 24.4 Å². The minimum atomic E-state index is -0.943. The predicted molar refractivity (Wildman–Crippen MR) is 88.4 cm³/mol. The molecule has 2 aliphatic rings. The van der Waals surface area contributed by atoms with Crippen LogP contribution in [-0.4, -0.2) is 41.0 Å². The smallest absolute Gasteiger partial charge is 0.465 e. The Bertz CT molecular complexity index is 644. The standard InChI is InChI=1S/C16H23BN2O4/c1-10-11(17-22-15(2,3)16(4,5)23-17)9-18-12-7-6-8-19(13(10)12)14(20)21/h9H,6-8H2,1-5H3,(H,20,21). The van der Waals surface area contributed by atoms with Crippen LogP contribution < -0.4 is 10.4 Å². The topological polar surface area (TPSA) is 71.9 Å². The highest BCUT2D eigenvalue weighted by Gasteiger charge is 2.52. The van der Waals surface area contributed by atoms with Crippen LogP contribution in [0, 0.1) is 6.92 Å². The van der Waals surface area contributed by atoms with Crippen LogP contribution in [0.2, 0.25) is 0 Å². The van der Waals surface area contributed by atoms with Crippen LogP contribution in [0.4, 0.5) is 10.5 Å². The summed E-state index contributed by atoms with van der Waals surface area (Å²) in [5.41, 5.74) is 2.32. The summed E-state index contributed by atoms with van der Waals surface area (Å²) in [5.74, 6) is 0. The molecule has 1 N–H and O–H groups in total. The van der Waals surface area contributed by atoms with E-state index in [0.29, 0.717) is 12.2 Å². The summed E-state index contributed by atoms with van der Waals surface area (Å²) in [7, 11) is -0.532. The first-order valence-electron chi connectivity index (χ1n) is 7.98. The van der Waals surface area contributed by atoms with Gasteiger partial charge in [-0.2, -0.15) is 0 Å². The average Bonchev–Trinajstić information content (AvgIpc) is 2.66. The predicted octanol–water partition coefficient (Wildman–Crippen LogP) is 2.12. The lowest BCUT2D eigenvalue weighted by Gasteiger charge is -2.32. The fourth-order valence-corrected chi connectivity index (χ4v) is 3.12. The van der Waals surface area contributed by atoms with Crippen molar-refractivity contribution in [2.24, 2.45) is 0 Å². The molecule has 1 saturated heterocycles. The third-order valence-corrected chi connectivity index (χ3v) is 5.22. The van der Waals surface area contributed by atoms with Crippen LogP contribution in [-0.2, 0) is 15.7 Å². The van der Waals surface area contributed by atoms with Crippen molar-refractivity contribution in [3.8, 4) is 0 Å². The van der Waals surface area contributed by atoms with Gasteiger partial charge in [-0.15, -0.1) is 0 Å². The maximum atomic E-state index is 11.5. The van der Waals surface area contributed by atoms with Crippen LogP contribution in [0.3, 0.4) is 0 Å². The summed E-state index contributed by atoms with van der Waals surface area (Å²) in [6, 6.07) is 0. The maximum absolute atomic E-state index is 11.5. The van der Waals surface area contributed by atoms with E-state index in [1.807, 2.05) is 34.6 Å². The van der Waals surface area contributed by atoms with Crippen LogP contribution in [0.5, 0.6) is 0 Å². The van der Waals surface area contributed by atoms with E-state index >= 15 is 0 Å². The Morgan fingerprint density at radius 1 is 1.30 bits per heavy atom. The molecular formula is C16H23BN2O4. The fraction of sp³-hybridized carbons (Fsp3) is 0.625. The van der Waals surface area contributed by atoms with Crippen molar-refractivity contribution in [1.29, 1.82) is 0 Å². The van der Waals surface area contributed by atoms with Gasteiger partial charge in [-0.25, -0.2) is 4.79 Å². The molecule has 0 atom stereocenters. The van der Waals surface area contributed by atoms with Gasteiger partial charge in [0.2, 0.25) is 0 Å². The second kappa shape index (κ2) is 5.21. The molecule has 3 heterocycles. The lowest BCUT2D eigenvalue weighted by molar-refractivity contribution is 0.00578. The van der Waals surface area contributed by atoms with Crippen LogP contribution in [0.25, 0.3) is 0 Å². The normalized spacial score (nSPS) is 22.1. The number of aromatic nitrogens is 1. The molecule has 0 saturated carbocycles. The Labute approximate surface area is 136 Å². The van der Waals surface area contributed by atoms with Crippen LogP contribution in [0.1, 0.15) is 45.4 Å². The fourth-order valence-electron chi connectivity index (χ4n) is 3.12. The molecule has 124 valence electrons. The van der Waals surface area contributed by atoms with Crippen molar-refractivity contribution in [2.45, 2.75) is 58.7 Å². The van der Waals surface area contributed by atoms with Crippen molar-refractivity contribution in [3.63, 3.8) is 0 Å². The highest BCUT2D eigenvalue weighted by molar-refractivity contribution is 6.62. The number of pyridine rings is 1. The van der Waals surface area contributed by atoms with Crippen molar-refractivity contribution in [2.75, 3.05) is 11.4 Å². The Kier molecular flexibility index (Phi) is 3.68. The number of nitrogens with zero attached hydrogens (tertiary/aromatic N) is 2. The molecule has 0 aromatic carbocycles. The number of carbonyl (C=O) groups is 1. The average molecular weight is 318 g/mol. The van der Waals surface area contributed by atoms with Crippen molar-refractivity contribution < 1.29 is 19.2 Å². The van der Waals surface area contributed by atoms with Crippen molar-refractivity contribution in [1.82, 2.24) is 4.98 Å². The molecule has 0 aliphatic carbocycles. The second-order valence-electron chi connectivity index (χ2n) is 7.26. The number of rotatable bonds is 1. The first-order valence-corrected chi connectivity index (χ1v) is 7.98. The Balaban J connectivity index is 2.03. The third kappa shape index (κ3) is 2.52. The van der Waals surface area contributed by atoms with E-state index < -0.39 is 24.4 Å². The lowest BCUT2D eigenvalue weighted by Crippen LogP contribution is -2.41. The van der Waals surface area contributed by atoms with Gasteiger partial charge in [-0.1, -0.05) is 0 Å². The quantitative estimate of drug-likeness (QED) is 0.803.